The molecule has 1 amide bonds. The number of nitro groups is 1. The minimum absolute atomic E-state index is 0.00140. The number of nitrogens with one attached hydrogen (secondary N) is 1. The zero-order valence-electron chi connectivity index (χ0n) is 13.5. The monoisotopic (exact) mass is 362 g/mol. The number of benzene rings is 2. The number of halogens is 1. The first-order valence-corrected chi connectivity index (χ1v) is 7.47. The Labute approximate surface area is 149 Å². The molecule has 2 aromatic carbocycles. The molecule has 0 atom stereocenters. The average molecular weight is 363 g/mol. The standard InChI is InChI=1S/C17H15ClN2O5/c1-24-13-6-3-11(16(10-13)25-2)4-8-17(21)19-12-5-7-14(18)15(9-12)20(22)23/h3-10H,1-2H3,(H,19,21)/b8-4+. The van der Waals surface area contributed by atoms with Crippen LogP contribution in [0.2, 0.25) is 5.02 Å². The molecule has 0 aliphatic carbocycles. The number of anilines is 1. The van der Waals surface area contributed by atoms with E-state index in [0.717, 1.165) is 0 Å². The molecule has 25 heavy (non-hydrogen) atoms. The summed E-state index contributed by atoms with van der Waals surface area (Å²) < 4.78 is 10.3. The maximum atomic E-state index is 12.0. The third-order valence-electron chi connectivity index (χ3n) is 3.27. The summed E-state index contributed by atoms with van der Waals surface area (Å²) in [6, 6.07) is 9.21. The third-order valence-corrected chi connectivity index (χ3v) is 3.58. The Kier molecular flexibility index (Phi) is 5.97. The largest absolute Gasteiger partial charge is 0.497 e. The molecule has 0 spiro atoms. The normalized spacial score (nSPS) is 10.5. The van der Waals surface area contributed by atoms with E-state index in [4.69, 9.17) is 21.1 Å². The maximum Gasteiger partial charge on any atom is 0.289 e. The molecule has 2 rings (SSSR count). The summed E-state index contributed by atoms with van der Waals surface area (Å²) in [6.45, 7) is 0. The maximum absolute atomic E-state index is 12.0. The van der Waals surface area contributed by atoms with Crippen LogP contribution < -0.4 is 14.8 Å². The lowest BCUT2D eigenvalue weighted by Crippen LogP contribution is -2.08. The van der Waals surface area contributed by atoms with E-state index in [1.54, 1.807) is 31.4 Å². The fourth-order valence-corrected chi connectivity index (χ4v) is 2.22. The molecule has 0 aromatic heterocycles. The lowest BCUT2D eigenvalue weighted by atomic mass is 10.1. The number of amides is 1. The quantitative estimate of drug-likeness (QED) is 0.478. The van der Waals surface area contributed by atoms with Crippen LogP contribution in [0, 0.1) is 10.1 Å². The Morgan fingerprint density at radius 2 is 1.96 bits per heavy atom. The number of carbonyl (C=O) groups is 1. The molecule has 130 valence electrons. The molecular weight excluding hydrogens is 348 g/mol. The summed E-state index contributed by atoms with van der Waals surface area (Å²) in [6.07, 6.45) is 2.86. The van der Waals surface area contributed by atoms with Crippen molar-refractivity contribution in [2.75, 3.05) is 19.5 Å². The lowest BCUT2D eigenvalue weighted by Gasteiger charge is -2.07. The van der Waals surface area contributed by atoms with Gasteiger partial charge in [0.1, 0.15) is 16.5 Å². The van der Waals surface area contributed by atoms with Gasteiger partial charge in [0.2, 0.25) is 5.91 Å². The molecule has 0 bridgehead atoms. The second-order valence-electron chi connectivity index (χ2n) is 4.85. The van der Waals surface area contributed by atoms with Crippen LogP contribution >= 0.6 is 11.6 Å². The zero-order chi connectivity index (χ0) is 18.4. The van der Waals surface area contributed by atoms with E-state index in [1.165, 1.54) is 31.4 Å². The van der Waals surface area contributed by atoms with Gasteiger partial charge in [-0.1, -0.05) is 11.6 Å². The Hall–Kier alpha value is -3.06. The van der Waals surface area contributed by atoms with Crippen molar-refractivity contribution >= 4 is 35.0 Å². The highest BCUT2D eigenvalue weighted by molar-refractivity contribution is 6.32. The summed E-state index contributed by atoms with van der Waals surface area (Å²) in [4.78, 5) is 22.3. The number of rotatable bonds is 6. The molecule has 1 N–H and O–H groups in total. The van der Waals surface area contributed by atoms with Crippen LogP contribution in [-0.2, 0) is 4.79 Å². The van der Waals surface area contributed by atoms with Gasteiger partial charge in [0.05, 0.1) is 19.1 Å². The number of carbonyl (C=O) groups excluding carboxylic acids is 1. The fourth-order valence-electron chi connectivity index (χ4n) is 2.04. The SMILES string of the molecule is COc1ccc(/C=C/C(=O)Nc2ccc(Cl)c([N+](=O)[O-])c2)c(OC)c1. The van der Waals surface area contributed by atoms with Crippen molar-refractivity contribution in [2.24, 2.45) is 0 Å². The van der Waals surface area contributed by atoms with E-state index in [-0.39, 0.29) is 16.4 Å². The van der Waals surface area contributed by atoms with Crippen molar-refractivity contribution in [3.63, 3.8) is 0 Å². The van der Waals surface area contributed by atoms with Crippen LogP contribution in [0.15, 0.2) is 42.5 Å². The van der Waals surface area contributed by atoms with Gasteiger partial charge in [0.15, 0.2) is 0 Å². The van der Waals surface area contributed by atoms with Gasteiger partial charge in [-0.15, -0.1) is 0 Å². The Morgan fingerprint density at radius 3 is 2.60 bits per heavy atom. The van der Waals surface area contributed by atoms with Gasteiger partial charge in [-0.2, -0.15) is 0 Å². The second-order valence-corrected chi connectivity index (χ2v) is 5.26. The number of hydrogen-bond donors (Lipinski definition) is 1. The second kappa shape index (κ2) is 8.16. The van der Waals surface area contributed by atoms with Crippen LogP contribution in [0.3, 0.4) is 0 Å². The first-order valence-electron chi connectivity index (χ1n) is 7.09. The van der Waals surface area contributed by atoms with Crippen LogP contribution in [0.5, 0.6) is 11.5 Å². The minimum atomic E-state index is -0.615. The van der Waals surface area contributed by atoms with Crippen molar-refractivity contribution in [3.05, 3.63) is 63.2 Å². The Balaban J connectivity index is 2.14. The molecule has 8 heteroatoms. The molecule has 0 saturated heterocycles. The Morgan fingerprint density at radius 1 is 1.20 bits per heavy atom. The highest BCUT2D eigenvalue weighted by atomic mass is 35.5. The predicted octanol–water partition coefficient (Wildman–Crippen LogP) is 3.92. The first kappa shape index (κ1) is 18.3. The van der Waals surface area contributed by atoms with Crippen LogP contribution in [0.4, 0.5) is 11.4 Å². The van der Waals surface area contributed by atoms with Gasteiger partial charge < -0.3 is 14.8 Å². The highest BCUT2D eigenvalue weighted by Crippen LogP contribution is 2.28. The van der Waals surface area contributed by atoms with Gasteiger partial charge in [0, 0.05) is 29.5 Å². The van der Waals surface area contributed by atoms with Crippen molar-refractivity contribution in [2.45, 2.75) is 0 Å². The highest BCUT2D eigenvalue weighted by Gasteiger charge is 2.13. The third kappa shape index (κ3) is 4.71. The molecule has 0 heterocycles. The van der Waals surface area contributed by atoms with Gasteiger partial charge in [0.25, 0.3) is 5.69 Å². The summed E-state index contributed by atoms with van der Waals surface area (Å²) in [5.41, 5.74) is 0.674. The molecule has 0 aliphatic heterocycles. The van der Waals surface area contributed by atoms with Crippen molar-refractivity contribution in [1.29, 1.82) is 0 Å². The van der Waals surface area contributed by atoms with Gasteiger partial charge in [-0.25, -0.2) is 0 Å². The molecule has 0 aliphatic rings. The van der Waals surface area contributed by atoms with Gasteiger partial charge in [-0.05, 0) is 30.3 Å². The number of nitrogens with zero attached hydrogens (tertiary/aromatic N) is 1. The molecule has 0 fully saturated rings. The van der Waals surface area contributed by atoms with Crippen LogP contribution in [0.1, 0.15) is 5.56 Å². The average Bonchev–Trinajstić information content (AvgIpc) is 2.61. The van der Waals surface area contributed by atoms with E-state index >= 15 is 0 Å². The minimum Gasteiger partial charge on any atom is -0.497 e. The van der Waals surface area contributed by atoms with E-state index in [0.29, 0.717) is 17.1 Å². The summed E-state index contributed by atoms with van der Waals surface area (Å²) in [5.74, 6) is 0.729. The van der Waals surface area contributed by atoms with Crippen LogP contribution in [0.25, 0.3) is 6.08 Å². The summed E-state index contributed by atoms with van der Waals surface area (Å²) in [5, 5.41) is 13.4. The topological polar surface area (TPSA) is 90.7 Å². The fraction of sp³-hybridized carbons (Fsp3) is 0.118. The zero-order valence-corrected chi connectivity index (χ0v) is 14.2. The van der Waals surface area contributed by atoms with E-state index < -0.39 is 10.8 Å². The molecule has 0 saturated carbocycles. The van der Waals surface area contributed by atoms with Crippen LogP contribution in [-0.4, -0.2) is 25.1 Å². The van der Waals surface area contributed by atoms with Gasteiger partial charge in [-0.3, -0.25) is 14.9 Å². The van der Waals surface area contributed by atoms with E-state index in [2.05, 4.69) is 5.32 Å². The summed E-state index contributed by atoms with van der Waals surface area (Å²) >= 11 is 5.73. The molecule has 2 aromatic rings. The lowest BCUT2D eigenvalue weighted by molar-refractivity contribution is -0.384. The van der Waals surface area contributed by atoms with Crippen molar-refractivity contribution in [3.8, 4) is 11.5 Å². The number of nitro benzene ring substituents is 1. The molecule has 0 unspecified atom stereocenters. The Bertz CT molecular complexity index is 836. The smallest absolute Gasteiger partial charge is 0.289 e. The first-order chi connectivity index (χ1) is 11.9. The molecule has 0 radical (unpaired) electrons. The van der Waals surface area contributed by atoms with Crippen molar-refractivity contribution < 1.29 is 19.2 Å². The van der Waals surface area contributed by atoms with E-state index in [1.807, 2.05) is 0 Å². The molecular formula is C17H15ClN2O5. The number of hydrogen-bond acceptors (Lipinski definition) is 5. The summed E-state index contributed by atoms with van der Waals surface area (Å²) in [7, 11) is 3.06. The molecule has 7 nitrogen and oxygen atoms in total. The van der Waals surface area contributed by atoms with E-state index in [9.17, 15) is 14.9 Å². The van der Waals surface area contributed by atoms with Crippen molar-refractivity contribution in [1.82, 2.24) is 0 Å². The predicted molar refractivity (Wildman–Crippen MR) is 95.3 cm³/mol. The van der Waals surface area contributed by atoms with Gasteiger partial charge >= 0.3 is 0 Å². The number of methoxy groups -OCH3 is 2. The number of ether oxygens (including phenoxy) is 2.